The molecule has 112 valence electrons. The summed E-state index contributed by atoms with van der Waals surface area (Å²) in [6, 6.07) is 2.31. The molecule has 0 aliphatic heterocycles. The molecule has 1 saturated carbocycles. The van der Waals surface area contributed by atoms with Crippen LogP contribution in [0.5, 0.6) is 0 Å². The van der Waals surface area contributed by atoms with Crippen molar-refractivity contribution in [1.82, 2.24) is 5.32 Å². The highest BCUT2D eigenvalue weighted by atomic mass is 35.5. The normalized spacial score (nSPS) is 19.9. The SMILES string of the molecule is CCNC(c1cc(F)c(F)cc1Cl)C1(C)CCCCC1. The van der Waals surface area contributed by atoms with Crippen molar-refractivity contribution in [2.45, 2.75) is 52.0 Å². The molecule has 1 aromatic carbocycles. The molecule has 0 spiro atoms. The lowest BCUT2D eigenvalue weighted by atomic mass is 9.68. The Morgan fingerprint density at radius 3 is 2.40 bits per heavy atom. The number of benzene rings is 1. The lowest BCUT2D eigenvalue weighted by molar-refractivity contribution is 0.145. The molecule has 0 aromatic heterocycles. The standard InChI is InChI=1S/C16H22ClF2N/c1-3-20-15(16(2)7-5-4-6-8-16)11-9-13(18)14(19)10-12(11)17/h9-10,15,20H,3-8H2,1-2H3. The fourth-order valence-corrected chi connectivity index (χ4v) is 3.60. The molecule has 1 N–H and O–H groups in total. The predicted octanol–water partition coefficient (Wildman–Crippen LogP) is 5.24. The van der Waals surface area contributed by atoms with E-state index >= 15 is 0 Å². The van der Waals surface area contributed by atoms with Crippen LogP contribution in [0.2, 0.25) is 5.02 Å². The topological polar surface area (TPSA) is 12.0 Å². The molecular weight excluding hydrogens is 280 g/mol. The van der Waals surface area contributed by atoms with Gasteiger partial charge in [-0.1, -0.05) is 44.7 Å². The second-order valence-electron chi connectivity index (χ2n) is 5.99. The van der Waals surface area contributed by atoms with E-state index in [1.165, 1.54) is 25.3 Å². The van der Waals surface area contributed by atoms with E-state index in [4.69, 9.17) is 11.6 Å². The van der Waals surface area contributed by atoms with Crippen LogP contribution in [-0.4, -0.2) is 6.54 Å². The molecule has 1 aliphatic rings. The Hall–Kier alpha value is -0.670. The van der Waals surface area contributed by atoms with Crippen LogP contribution < -0.4 is 5.32 Å². The van der Waals surface area contributed by atoms with Gasteiger partial charge in [0.15, 0.2) is 11.6 Å². The number of halogens is 3. The van der Waals surface area contributed by atoms with Gasteiger partial charge in [0, 0.05) is 11.1 Å². The molecule has 1 aliphatic carbocycles. The van der Waals surface area contributed by atoms with E-state index in [1.54, 1.807) is 0 Å². The maximum absolute atomic E-state index is 13.6. The molecule has 0 saturated heterocycles. The molecule has 0 amide bonds. The average molecular weight is 302 g/mol. The molecule has 0 heterocycles. The summed E-state index contributed by atoms with van der Waals surface area (Å²) in [5, 5.41) is 3.73. The van der Waals surface area contributed by atoms with Crippen LogP contribution in [0.25, 0.3) is 0 Å². The van der Waals surface area contributed by atoms with Crippen molar-refractivity contribution in [3.8, 4) is 0 Å². The van der Waals surface area contributed by atoms with Gasteiger partial charge in [-0.05, 0) is 42.5 Å². The van der Waals surface area contributed by atoms with E-state index in [2.05, 4.69) is 12.2 Å². The van der Waals surface area contributed by atoms with Gasteiger partial charge < -0.3 is 5.32 Å². The zero-order valence-corrected chi connectivity index (χ0v) is 12.9. The van der Waals surface area contributed by atoms with Gasteiger partial charge in [0.1, 0.15) is 0 Å². The van der Waals surface area contributed by atoms with Gasteiger partial charge in [-0.2, -0.15) is 0 Å². The fourth-order valence-electron chi connectivity index (χ4n) is 3.34. The highest BCUT2D eigenvalue weighted by molar-refractivity contribution is 6.31. The summed E-state index contributed by atoms with van der Waals surface area (Å²) in [7, 11) is 0. The minimum Gasteiger partial charge on any atom is -0.310 e. The first-order valence-corrected chi connectivity index (χ1v) is 7.73. The van der Waals surface area contributed by atoms with Crippen LogP contribution in [0.3, 0.4) is 0 Å². The summed E-state index contributed by atoms with van der Waals surface area (Å²) in [4.78, 5) is 0. The van der Waals surface area contributed by atoms with Crippen LogP contribution in [0, 0.1) is 17.0 Å². The van der Waals surface area contributed by atoms with E-state index in [1.807, 2.05) is 6.92 Å². The van der Waals surface area contributed by atoms with Gasteiger partial charge in [-0.15, -0.1) is 0 Å². The van der Waals surface area contributed by atoms with Crippen molar-refractivity contribution in [3.63, 3.8) is 0 Å². The van der Waals surface area contributed by atoms with Gasteiger partial charge in [0.25, 0.3) is 0 Å². The van der Waals surface area contributed by atoms with Crippen LogP contribution in [-0.2, 0) is 0 Å². The Morgan fingerprint density at radius 2 is 1.80 bits per heavy atom. The van der Waals surface area contributed by atoms with E-state index in [0.717, 1.165) is 25.5 Å². The predicted molar refractivity (Wildman–Crippen MR) is 79.0 cm³/mol. The molecule has 0 bridgehead atoms. The van der Waals surface area contributed by atoms with Crippen LogP contribution in [0.4, 0.5) is 8.78 Å². The first-order chi connectivity index (χ1) is 9.48. The highest BCUT2D eigenvalue weighted by Crippen LogP contribution is 2.47. The van der Waals surface area contributed by atoms with Crippen molar-refractivity contribution in [2.24, 2.45) is 5.41 Å². The lowest BCUT2D eigenvalue weighted by Crippen LogP contribution is -2.38. The maximum Gasteiger partial charge on any atom is 0.160 e. The minimum atomic E-state index is -0.886. The van der Waals surface area contributed by atoms with Crippen LogP contribution >= 0.6 is 11.6 Å². The van der Waals surface area contributed by atoms with E-state index in [-0.39, 0.29) is 11.5 Å². The monoisotopic (exact) mass is 301 g/mol. The Labute approximate surface area is 124 Å². The van der Waals surface area contributed by atoms with Gasteiger partial charge >= 0.3 is 0 Å². The molecule has 20 heavy (non-hydrogen) atoms. The van der Waals surface area contributed by atoms with Gasteiger partial charge in [-0.25, -0.2) is 8.78 Å². The van der Waals surface area contributed by atoms with Gasteiger partial charge in [-0.3, -0.25) is 0 Å². The third-order valence-corrected chi connectivity index (χ3v) is 4.78. The summed E-state index contributed by atoms with van der Waals surface area (Å²) < 4.78 is 26.9. The van der Waals surface area contributed by atoms with Gasteiger partial charge in [0.05, 0.1) is 0 Å². The minimum absolute atomic E-state index is 0.0320. The number of rotatable bonds is 4. The molecule has 1 fully saturated rings. The molecule has 1 unspecified atom stereocenters. The van der Waals surface area contributed by atoms with Crippen LogP contribution in [0.1, 0.15) is 57.6 Å². The largest absolute Gasteiger partial charge is 0.310 e. The Balaban J connectivity index is 2.40. The molecular formula is C16H22ClF2N. The Morgan fingerprint density at radius 1 is 1.20 bits per heavy atom. The molecule has 2 rings (SSSR count). The molecule has 0 radical (unpaired) electrons. The fraction of sp³-hybridized carbons (Fsp3) is 0.625. The summed E-state index contributed by atoms with van der Waals surface area (Å²) in [5.41, 5.74) is 0.721. The summed E-state index contributed by atoms with van der Waals surface area (Å²) in [6.07, 6.45) is 5.78. The lowest BCUT2D eigenvalue weighted by Gasteiger charge is -2.42. The second kappa shape index (κ2) is 6.40. The zero-order chi connectivity index (χ0) is 14.8. The maximum atomic E-state index is 13.6. The Kier molecular flexibility index (Phi) is 5.03. The molecule has 1 aromatic rings. The smallest absolute Gasteiger partial charge is 0.160 e. The van der Waals surface area contributed by atoms with Crippen LogP contribution in [0.15, 0.2) is 12.1 Å². The second-order valence-corrected chi connectivity index (χ2v) is 6.40. The van der Waals surface area contributed by atoms with Crippen molar-refractivity contribution >= 4 is 11.6 Å². The number of nitrogens with one attached hydrogen (secondary N) is 1. The number of hydrogen-bond donors (Lipinski definition) is 1. The van der Waals surface area contributed by atoms with E-state index in [9.17, 15) is 8.78 Å². The third kappa shape index (κ3) is 3.15. The highest BCUT2D eigenvalue weighted by Gasteiger charge is 2.37. The molecule has 1 nitrogen and oxygen atoms in total. The van der Waals surface area contributed by atoms with Gasteiger partial charge in [0.2, 0.25) is 0 Å². The summed E-state index contributed by atoms with van der Waals surface area (Å²) >= 11 is 6.17. The summed E-state index contributed by atoms with van der Waals surface area (Å²) in [6.45, 7) is 5.01. The van der Waals surface area contributed by atoms with Crippen molar-refractivity contribution in [2.75, 3.05) is 6.54 Å². The summed E-state index contributed by atoms with van der Waals surface area (Å²) in [5.74, 6) is -1.71. The van der Waals surface area contributed by atoms with E-state index < -0.39 is 11.6 Å². The van der Waals surface area contributed by atoms with Crippen molar-refractivity contribution in [3.05, 3.63) is 34.4 Å². The van der Waals surface area contributed by atoms with E-state index in [0.29, 0.717) is 10.6 Å². The average Bonchev–Trinajstić information content (AvgIpc) is 2.41. The molecule has 4 heteroatoms. The Bertz CT molecular complexity index is 470. The molecule has 1 atom stereocenters. The first-order valence-electron chi connectivity index (χ1n) is 7.36. The quantitative estimate of drug-likeness (QED) is 0.750. The first kappa shape index (κ1) is 15.7. The third-order valence-electron chi connectivity index (χ3n) is 4.45. The van der Waals surface area contributed by atoms with Crippen molar-refractivity contribution in [1.29, 1.82) is 0 Å². The zero-order valence-electron chi connectivity index (χ0n) is 12.1. The number of hydrogen-bond acceptors (Lipinski definition) is 1. The van der Waals surface area contributed by atoms with Crippen molar-refractivity contribution < 1.29 is 8.78 Å².